The number of hydrogen-bond donors (Lipinski definition) is 2. The summed E-state index contributed by atoms with van der Waals surface area (Å²) in [5.41, 5.74) is 0.855. The summed E-state index contributed by atoms with van der Waals surface area (Å²) < 4.78 is 1.32. The van der Waals surface area contributed by atoms with Crippen LogP contribution in [-0.4, -0.2) is 20.4 Å². The lowest BCUT2D eigenvalue weighted by atomic mass is 10.1. The Hall–Kier alpha value is -2.70. The molecule has 1 aliphatic rings. The van der Waals surface area contributed by atoms with Crippen LogP contribution in [0.25, 0.3) is 0 Å². The van der Waals surface area contributed by atoms with Gasteiger partial charge in [-0.25, -0.2) is 4.79 Å². The largest absolute Gasteiger partial charge is 0.347 e. The number of pyridine rings is 1. The summed E-state index contributed by atoms with van der Waals surface area (Å²) in [6.07, 6.45) is 3.73. The molecule has 0 spiro atoms. The number of nitrogens with one attached hydrogen (secondary N) is 2. The Kier molecular flexibility index (Phi) is 4.59. The Morgan fingerprint density at radius 2 is 2.17 bits per heavy atom. The molecular weight excluding hydrogens is 308 g/mol. The lowest BCUT2D eigenvalue weighted by molar-refractivity contribution is -0.122. The zero-order valence-corrected chi connectivity index (χ0v) is 13.5. The summed E-state index contributed by atoms with van der Waals surface area (Å²) >= 11 is 0. The highest BCUT2D eigenvalue weighted by Gasteiger charge is 2.34. The van der Waals surface area contributed by atoms with Gasteiger partial charge in [-0.05, 0) is 37.8 Å². The monoisotopic (exact) mass is 328 g/mol. The number of aryl methyl sites for hydroxylation is 2. The van der Waals surface area contributed by atoms with Gasteiger partial charge in [-0.1, -0.05) is 6.07 Å². The van der Waals surface area contributed by atoms with Crippen LogP contribution in [0.1, 0.15) is 36.7 Å². The van der Waals surface area contributed by atoms with Crippen molar-refractivity contribution in [3.63, 3.8) is 0 Å². The fraction of sp³-hybridized carbons (Fsp3) is 0.412. The maximum absolute atomic E-state index is 12.3. The minimum atomic E-state index is -0.505. The first kappa shape index (κ1) is 16.2. The second kappa shape index (κ2) is 6.82. The molecule has 2 aromatic rings. The molecule has 1 saturated carbocycles. The number of amides is 1. The minimum Gasteiger partial charge on any atom is -0.347 e. The van der Waals surface area contributed by atoms with E-state index in [4.69, 9.17) is 0 Å². The van der Waals surface area contributed by atoms with Gasteiger partial charge in [0.2, 0.25) is 5.91 Å². The van der Waals surface area contributed by atoms with Crippen molar-refractivity contribution in [2.45, 2.75) is 38.8 Å². The van der Waals surface area contributed by atoms with Gasteiger partial charge in [0.1, 0.15) is 0 Å². The molecule has 0 bridgehead atoms. The standard InChI is InChI=1S/C17H20N4O3/c1-11-3-2-4-13(18-11)16(12-5-6-12)19-14(22)7-9-21-10-8-15(23)20-17(21)24/h2-4,8,10,12,16H,5-7,9H2,1H3,(H,19,22)(H,20,23,24)/t16-/m1/s1. The number of H-pyrrole nitrogens is 1. The van der Waals surface area contributed by atoms with Gasteiger partial charge in [-0.15, -0.1) is 0 Å². The van der Waals surface area contributed by atoms with Crippen molar-refractivity contribution in [3.05, 3.63) is 62.7 Å². The predicted octanol–water partition coefficient (Wildman–Crippen LogP) is 0.898. The molecule has 0 radical (unpaired) electrons. The SMILES string of the molecule is Cc1cccc([C@H](NC(=O)CCn2ccc(=O)[nH]c2=O)C2CC2)n1. The maximum Gasteiger partial charge on any atom is 0.328 e. The van der Waals surface area contributed by atoms with Crippen LogP contribution in [-0.2, 0) is 11.3 Å². The topological polar surface area (TPSA) is 96.9 Å². The molecule has 1 amide bonds. The third kappa shape index (κ3) is 3.98. The van der Waals surface area contributed by atoms with E-state index in [9.17, 15) is 14.4 Å². The second-order valence-corrected chi connectivity index (χ2v) is 6.14. The van der Waals surface area contributed by atoms with Gasteiger partial charge in [-0.3, -0.25) is 19.6 Å². The van der Waals surface area contributed by atoms with Crippen LogP contribution in [0.5, 0.6) is 0 Å². The first-order valence-electron chi connectivity index (χ1n) is 8.05. The van der Waals surface area contributed by atoms with Gasteiger partial charge < -0.3 is 9.88 Å². The zero-order chi connectivity index (χ0) is 17.1. The van der Waals surface area contributed by atoms with E-state index in [1.165, 1.54) is 16.8 Å². The maximum atomic E-state index is 12.3. The van der Waals surface area contributed by atoms with Crippen molar-refractivity contribution in [3.8, 4) is 0 Å². The number of carbonyl (C=O) groups is 1. The number of aromatic nitrogens is 3. The van der Waals surface area contributed by atoms with E-state index in [1.54, 1.807) is 0 Å². The molecule has 2 N–H and O–H groups in total. The fourth-order valence-corrected chi connectivity index (χ4v) is 2.69. The van der Waals surface area contributed by atoms with Crippen LogP contribution in [0.4, 0.5) is 0 Å². The Labute approximate surface area is 138 Å². The van der Waals surface area contributed by atoms with E-state index < -0.39 is 11.2 Å². The molecule has 3 rings (SSSR count). The van der Waals surface area contributed by atoms with E-state index in [-0.39, 0.29) is 24.9 Å². The average molecular weight is 328 g/mol. The Morgan fingerprint density at radius 3 is 2.83 bits per heavy atom. The van der Waals surface area contributed by atoms with Crippen LogP contribution < -0.4 is 16.6 Å². The summed E-state index contributed by atoms with van der Waals surface area (Å²) in [6, 6.07) is 6.99. The number of hydrogen-bond acceptors (Lipinski definition) is 4. The van der Waals surface area contributed by atoms with Gasteiger partial charge in [0, 0.05) is 30.9 Å². The molecule has 2 aromatic heterocycles. The lowest BCUT2D eigenvalue weighted by Crippen LogP contribution is -2.33. The molecule has 0 saturated heterocycles. The number of carbonyl (C=O) groups excluding carboxylic acids is 1. The predicted molar refractivity (Wildman–Crippen MR) is 88.5 cm³/mol. The normalized spacial score (nSPS) is 15.0. The molecule has 1 atom stereocenters. The average Bonchev–Trinajstić information content (AvgIpc) is 3.36. The van der Waals surface area contributed by atoms with Crippen molar-refractivity contribution in [1.29, 1.82) is 0 Å². The summed E-state index contributed by atoms with van der Waals surface area (Å²) in [5, 5.41) is 3.03. The first-order valence-corrected chi connectivity index (χ1v) is 8.05. The van der Waals surface area contributed by atoms with Crippen molar-refractivity contribution in [2.75, 3.05) is 0 Å². The summed E-state index contributed by atoms with van der Waals surface area (Å²) in [7, 11) is 0. The van der Waals surface area contributed by atoms with E-state index in [2.05, 4.69) is 15.3 Å². The molecule has 0 aliphatic heterocycles. The molecule has 126 valence electrons. The van der Waals surface area contributed by atoms with Gasteiger partial charge in [0.05, 0.1) is 11.7 Å². The minimum absolute atomic E-state index is 0.0790. The van der Waals surface area contributed by atoms with Gasteiger partial charge in [0.25, 0.3) is 5.56 Å². The van der Waals surface area contributed by atoms with Crippen molar-refractivity contribution >= 4 is 5.91 Å². The van der Waals surface area contributed by atoms with E-state index >= 15 is 0 Å². The Balaban J connectivity index is 1.64. The summed E-state index contributed by atoms with van der Waals surface area (Å²) in [5.74, 6) is 0.298. The summed E-state index contributed by atoms with van der Waals surface area (Å²) in [4.78, 5) is 41.6. The smallest absolute Gasteiger partial charge is 0.328 e. The number of nitrogens with zero attached hydrogens (tertiary/aromatic N) is 2. The third-order valence-electron chi connectivity index (χ3n) is 4.12. The van der Waals surface area contributed by atoms with Crippen LogP contribution in [0, 0.1) is 12.8 Å². The molecule has 0 aromatic carbocycles. The Morgan fingerprint density at radius 1 is 1.38 bits per heavy atom. The van der Waals surface area contributed by atoms with Crippen molar-refractivity contribution in [2.24, 2.45) is 5.92 Å². The second-order valence-electron chi connectivity index (χ2n) is 6.14. The van der Waals surface area contributed by atoms with Crippen LogP contribution in [0.3, 0.4) is 0 Å². The van der Waals surface area contributed by atoms with E-state index in [0.29, 0.717) is 5.92 Å². The van der Waals surface area contributed by atoms with E-state index in [0.717, 1.165) is 24.2 Å². The number of rotatable bonds is 6. The van der Waals surface area contributed by atoms with Crippen LogP contribution in [0.2, 0.25) is 0 Å². The van der Waals surface area contributed by atoms with Crippen molar-refractivity contribution < 1.29 is 4.79 Å². The molecule has 7 heteroatoms. The van der Waals surface area contributed by atoms with Gasteiger partial charge in [-0.2, -0.15) is 0 Å². The third-order valence-corrected chi connectivity index (χ3v) is 4.12. The first-order chi connectivity index (χ1) is 11.5. The van der Waals surface area contributed by atoms with Crippen molar-refractivity contribution in [1.82, 2.24) is 19.9 Å². The molecule has 7 nitrogen and oxygen atoms in total. The fourth-order valence-electron chi connectivity index (χ4n) is 2.69. The lowest BCUT2D eigenvalue weighted by Gasteiger charge is -2.18. The van der Waals surface area contributed by atoms with Gasteiger partial charge >= 0.3 is 5.69 Å². The highest BCUT2D eigenvalue weighted by Crippen LogP contribution is 2.40. The molecule has 1 aliphatic carbocycles. The van der Waals surface area contributed by atoms with Crippen LogP contribution >= 0.6 is 0 Å². The summed E-state index contributed by atoms with van der Waals surface area (Å²) in [6.45, 7) is 2.15. The highest BCUT2D eigenvalue weighted by atomic mass is 16.2. The van der Waals surface area contributed by atoms with Gasteiger partial charge in [0.15, 0.2) is 0 Å². The van der Waals surface area contributed by atoms with Crippen LogP contribution in [0.15, 0.2) is 40.1 Å². The molecule has 2 heterocycles. The molecule has 1 fully saturated rings. The molecular formula is C17H20N4O3. The number of aromatic amines is 1. The Bertz CT molecular complexity index is 851. The molecule has 24 heavy (non-hydrogen) atoms. The van der Waals surface area contributed by atoms with E-state index in [1.807, 2.05) is 25.1 Å². The molecule has 0 unspecified atom stereocenters. The highest BCUT2D eigenvalue weighted by molar-refractivity contribution is 5.76. The zero-order valence-electron chi connectivity index (χ0n) is 13.5. The quantitative estimate of drug-likeness (QED) is 0.823.